The van der Waals surface area contributed by atoms with Gasteiger partial charge < -0.3 is 15.2 Å². The predicted octanol–water partition coefficient (Wildman–Crippen LogP) is 0.572. The zero-order chi connectivity index (χ0) is 9.80. The Labute approximate surface area is 83.7 Å². The van der Waals surface area contributed by atoms with Crippen LogP contribution in [0.3, 0.4) is 0 Å². The van der Waals surface area contributed by atoms with Gasteiger partial charge in [-0.1, -0.05) is 18.2 Å². The van der Waals surface area contributed by atoms with Gasteiger partial charge in [-0.25, -0.2) is 0 Å². The quantitative estimate of drug-likeness (QED) is 0.687. The van der Waals surface area contributed by atoms with E-state index in [1.807, 2.05) is 18.2 Å². The van der Waals surface area contributed by atoms with Gasteiger partial charge in [0.05, 0.1) is 6.61 Å². The van der Waals surface area contributed by atoms with E-state index < -0.39 is 0 Å². The molecule has 0 spiro atoms. The summed E-state index contributed by atoms with van der Waals surface area (Å²) in [6, 6.07) is 8.12. The van der Waals surface area contributed by atoms with Gasteiger partial charge in [-0.05, 0) is 11.6 Å². The van der Waals surface area contributed by atoms with Crippen molar-refractivity contribution in [2.45, 2.75) is 12.5 Å². The smallest absolute Gasteiger partial charge is 0.123 e. The maximum Gasteiger partial charge on any atom is 0.123 e. The number of aliphatic hydroxyl groups excluding tert-OH is 1. The number of ether oxygens (including phenoxy) is 1. The van der Waals surface area contributed by atoms with Gasteiger partial charge in [-0.2, -0.15) is 0 Å². The van der Waals surface area contributed by atoms with Gasteiger partial charge in [0.1, 0.15) is 11.9 Å². The summed E-state index contributed by atoms with van der Waals surface area (Å²) in [5, 5.41) is 11.7. The van der Waals surface area contributed by atoms with Crippen molar-refractivity contribution < 1.29 is 9.84 Å². The molecule has 76 valence electrons. The minimum Gasteiger partial charge on any atom is -0.488 e. The fourth-order valence-electron chi connectivity index (χ4n) is 1.71. The Morgan fingerprint density at radius 1 is 1.43 bits per heavy atom. The Bertz CT molecular complexity index is 276. The summed E-state index contributed by atoms with van der Waals surface area (Å²) in [7, 11) is 0. The molecule has 0 saturated heterocycles. The number of rotatable bonds is 4. The van der Waals surface area contributed by atoms with E-state index in [0.29, 0.717) is 6.54 Å². The molecule has 3 nitrogen and oxygen atoms in total. The first-order valence-electron chi connectivity index (χ1n) is 4.96. The summed E-state index contributed by atoms with van der Waals surface area (Å²) < 4.78 is 5.71. The van der Waals surface area contributed by atoms with Crippen LogP contribution in [-0.4, -0.2) is 30.9 Å². The van der Waals surface area contributed by atoms with Crippen LogP contribution in [0.15, 0.2) is 24.3 Å². The van der Waals surface area contributed by atoms with Crippen LogP contribution >= 0.6 is 0 Å². The second-order valence-corrected chi connectivity index (χ2v) is 3.48. The Hall–Kier alpha value is -1.06. The van der Waals surface area contributed by atoms with Crippen LogP contribution in [0.5, 0.6) is 5.75 Å². The fourth-order valence-corrected chi connectivity index (χ4v) is 1.71. The number of nitrogens with one attached hydrogen (secondary N) is 1. The minimum absolute atomic E-state index is 0.180. The summed E-state index contributed by atoms with van der Waals surface area (Å²) in [5.41, 5.74) is 1.28. The van der Waals surface area contributed by atoms with Gasteiger partial charge in [0.2, 0.25) is 0 Å². The molecule has 0 saturated carbocycles. The third-order valence-electron chi connectivity index (χ3n) is 2.37. The van der Waals surface area contributed by atoms with Crippen molar-refractivity contribution >= 4 is 0 Å². The molecule has 2 N–H and O–H groups in total. The Morgan fingerprint density at radius 2 is 2.29 bits per heavy atom. The molecule has 0 amide bonds. The van der Waals surface area contributed by atoms with E-state index in [9.17, 15) is 0 Å². The molecule has 1 aromatic carbocycles. The highest BCUT2D eigenvalue weighted by Gasteiger charge is 2.21. The van der Waals surface area contributed by atoms with Gasteiger partial charge in [-0.15, -0.1) is 0 Å². The van der Waals surface area contributed by atoms with Crippen molar-refractivity contribution in [3.8, 4) is 5.75 Å². The molecule has 1 aromatic rings. The Balaban J connectivity index is 1.86. The largest absolute Gasteiger partial charge is 0.488 e. The number of aliphatic hydroxyl groups is 1. The third kappa shape index (κ3) is 2.05. The van der Waals surface area contributed by atoms with E-state index in [4.69, 9.17) is 9.84 Å². The molecule has 0 radical (unpaired) electrons. The SMILES string of the molecule is OCCNCC1Cc2ccccc2O1. The van der Waals surface area contributed by atoms with Crippen LogP contribution in [0.25, 0.3) is 0 Å². The monoisotopic (exact) mass is 193 g/mol. The van der Waals surface area contributed by atoms with E-state index in [1.54, 1.807) is 0 Å². The first-order valence-corrected chi connectivity index (χ1v) is 4.96. The van der Waals surface area contributed by atoms with Crippen molar-refractivity contribution in [2.75, 3.05) is 19.7 Å². The molecule has 14 heavy (non-hydrogen) atoms. The van der Waals surface area contributed by atoms with Crippen molar-refractivity contribution in [2.24, 2.45) is 0 Å². The van der Waals surface area contributed by atoms with E-state index in [0.717, 1.165) is 18.7 Å². The lowest BCUT2D eigenvalue weighted by molar-refractivity contribution is 0.219. The summed E-state index contributed by atoms with van der Waals surface area (Å²) >= 11 is 0. The summed E-state index contributed by atoms with van der Waals surface area (Å²) in [6.07, 6.45) is 1.19. The van der Waals surface area contributed by atoms with Crippen LogP contribution in [0.1, 0.15) is 5.56 Å². The van der Waals surface area contributed by atoms with Gasteiger partial charge in [-0.3, -0.25) is 0 Å². The molecule has 0 bridgehead atoms. The van der Waals surface area contributed by atoms with E-state index in [1.165, 1.54) is 5.56 Å². The van der Waals surface area contributed by atoms with Crippen LogP contribution in [0, 0.1) is 0 Å². The lowest BCUT2D eigenvalue weighted by atomic mass is 10.1. The predicted molar refractivity (Wildman–Crippen MR) is 54.5 cm³/mol. The molecule has 1 unspecified atom stereocenters. The molecule has 1 atom stereocenters. The Morgan fingerprint density at radius 3 is 3.07 bits per heavy atom. The standard InChI is InChI=1S/C11H15NO2/c13-6-5-12-8-10-7-9-3-1-2-4-11(9)14-10/h1-4,10,12-13H,5-8H2. The zero-order valence-electron chi connectivity index (χ0n) is 8.07. The van der Waals surface area contributed by atoms with E-state index in [2.05, 4.69) is 11.4 Å². The van der Waals surface area contributed by atoms with E-state index >= 15 is 0 Å². The highest BCUT2D eigenvalue weighted by Crippen LogP contribution is 2.27. The van der Waals surface area contributed by atoms with Crippen LogP contribution in [-0.2, 0) is 6.42 Å². The van der Waals surface area contributed by atoms with Crippen molar-refractivity contribution in [1.82, 2.24) is 5.32 Å². The molecule has 0 fully saturated rings. The lowest BCUT2D eigenvalue weighted by Crippen LogP contribution is -2.31. The number of benzene rings is 1. The van der Waals surface area contributed by atoms with Gasteiger partial charge in [0.25, 0.3) is 0 Å². The highest BCUT2D eigenvalue weighted by atomic mass is 16.5. The molecule has 1 aliphatic rings. The van der Waals surface area contributed by atoms with Crippen LogP contribution < -0.4 is 10.1 Å². The first-order chi connectivity index (χ1) is 6.90. The van der Waals surface area contributed by atoms with Crippen LogP contribution in [0.4, 0.5) is 0 Å². The molecular weight excluding hydrogens is 178 g/mol. The van der Waals surface area contributed by atoms with Crippen molar-refractivity contribution in [3.63, 3.8) is 0 Å². The summed E-state index contributed by atoms with van der Waals surface area (Å²) in [6.45, 7) is 1.62. The summed E-state index contributed by atoms with van der Waals surface area (Å²) in [4.78, 5) is 0. The molecule has 0 aliphatic carbocycles. The number of para-hydroxylation sites is 1. The van der Waals surface area contributed by atoms with Crippen molar-refractivity contribution in [3.05, 3.63) is 29.8 Å². The van der Waals surface area contributed by atoms with Gasteiger partial charge in [0.15, 0.2) is 0 Å². The number of fused-ring (bicyclic) bond motifs is 1. The zero-order valence-corrected chi connectivity index (χ0v) is 8.07. The summed E-state index contributed by atoms with van der Waals surface area (Å²) in [5.74, 6) is 1.00. The van der Waals surface area contributed by atoms with Crippen molar-refractivity contribution in [1.29, 1.82) is 0 Å². The van der Waals surface area contributed by atoms with Gasteiger partial charge in [0, 0.05) is 19.5 Å². The third-order valence-corrected chi connectivity index (χ3v) is 2.37. The number of hydrogen-bond donors (Lipinski definition) is 2. The molecule has 0 aromatic heterocycles. The lowest BCUT2D eigenvalue weighted by Gasteiger charge is -2.10. The average molecular weight is 193 g/mol. The van der Waals surface area contributed by atoms with Gasteiger partial charge >= 0.3 is 0 Å². The van der Waals surface area contributed by atoms with Crippen LogP contribution in [0.2, 0.25) is 0 Å². The molecule has 1 aliphatic heterocycles. The number of hydrogen-bond acceptors (Lipinski definition) is 3. The maximum absolute atomic E-state index is 8.61. The topological polar surface area (TPSA) is 41.5 Å². The normalized spacial score (nSPS) is 19.1. The molecular formula is C11H15NO2. The fraction of sp³-hybridized carbons (Fsp3) is 0.455. The second-order valence-electron chi connectivity index (χ2n) is 3.48. The highest BCUT2D eigenvalue weighted by molar-refractivity contribution is 5.37. The molecule has 1 heterocycles. The van der Waals surface area contributed by atoms with E-state index in [-0.39, 0.29) is 12.7 Å². The molecule has 3 heteroatoms. The Kier molecular flexibility index (Phi) is 3.01. The molecule has 2 rings (SSSR count). The second kappa shape index (κ2) is 4.44. The maximum atomic E-state index is 8.61. The minimum atomic E-state index is 0.180. The average Bonchev–Trinajstić information content (AvgIpc) is 2.60. The first kappa shape index (κ1) is 9.49.